The summed E-state index contributed by atoms with van der Waals surface area (Å²) in [6.45, 7) is -2.59. The van der Waals surface area contributed by atoms with Gasteiger partial charge in [-0.1, -0.05) is 11.6 Å². The molecular weight excluding hydrogens is 333 g/mol. The predicted molar refractivity (Wildman–Crippen MR) is 71.5 cm³/mol. The lowest BCUT2D eigenvalue weighted by molar-refractivity contribution is -0.149. The Morgan fingerprint density at radius 2 is 2.00 bits per heavy atom. The number of nitrogens with zero attached hydrogens (tertiary/aromatic N) is 2. The maximum absolute atomic E-state index is 12.4. The molecule has 0 saturated carbocycles. The lowest BCUT2D eigenvalue weighted by atomic mass is 10.4. The first-order valence-electron chi connectivity index (χ1n) is 5.61. The molecule has 0 bridgehead atoms. The van der Waals surface area contributed by atoms with Gasteiger partial charge in [0.1, 0.15) is 13.1 Å². The van der Waals surface area contributed by atoms with E-state index in [0.29, 0.717) is 9.21 Å². The highest BCUT2D eigenvalue weighted by molar-refractivity contribution is 7.16. The minimum Gasteiger partial charge on any atom is -0.480 e. The molecule has 2 amide bonds. The Hall–Kier alpha value is -1.48. The minimum absolute atomic E-state index is 0.0458. The van der Waals surface area contributed by atoms with Crippen LogP contribution < -0.4 is 0 Å². The zero-order valence-corrected chi connectivity index (χ0v) is 12.4. The summed E-state index contributed by atoms with van der Waals surface area (Å²) in [6, 6.07) is 2.23. The largest absolute Gasteiger partial charge is 0.480 e. The molecule has 10 heteroatoms. The number of halogens is 4. The van der Waals surface area contributed by atoms with Crippen LogP contribution in [0.5, 0.6) is 0 Å². The maximum atomic E-state index is 12.4. The summed E-state index contributed by atoms with van der Waals surface area (Å²) in [7, 11) is 1.29. The second-order valence-electron chi connectivity index (χ2n) is 4.21. The summed E-state index contributed by atoms with van der Waals surface area (Å²) in [5.41, 5.74) is 0. The number of carbonyl (C=O) groups excluding carboxylic acids is 1. The molecule has 118 valence electrons. The Morgan fingerprint density at radius 1 is 1.38 bits per heavy atom. The first kappa shape index (κ1) is 17.6. The van der Waals surface area contributed by atoms with Crippen LogP contribution in [0, 0.1) is 0 Å². The molecule has 0 aliphatic carbocycles. The van der Waals surface area contributed by atoms with Gasteiger partial charge in [-0.25, -0.2) is 4.79 Å². The second-order valence-corrected chi connectivity index (χ2v) is 6.01. The molecule has 1 aromatic heterocycles. The molecule has 5 nitrogen and oxygen atoms in total. The van der Waals surface area contributed by atoms with Gasteiger partial charge < -0.3 is 14.9 Å². The molecular formula is C11H12ClF3N2O3S. The summed E-state index contributed by atoms with van der Waals surface area (Å²) in [4.78, 5) is 24.4. The van der Waals surface area contributed by atoms with Gasteiger partial charge in [0.05, 0.1) is 10.9 Å². The third-order valence-corrected chi connectivity index (χ3v) is 3.53. The van der Waals surface area contributed by atoms with Crippen molar-refractivity contribution in [2.24, 2.45) is 0 Å². The van der Waals surface area contributed by atoms with Crippen molar-refractivity contribution in [3.8, 4) is 0 Å². The van der Waals surface area contributed by atoms with Crippen molar-refractivity contribution in [2.45, 2.75) is 12.7 Å². The number of hydrogen-bond donors (Lipinski definition) is 1. The number of thiophene rings is 1. The highest BCUT2D eigenvalue weighted by Gasteiger charge is 2.35. The monoisotopic (exact) mass is 344 g/mol. The van der Waals surface area contributed by atoms with Crippen molar-refractivity contribution < 1.29 is 27.9 Å². The van der Waals surface area contributed by atoms with Crippen LogP contribution in [0.15, 0.2) is 12.1 Å². The van der Waals surface area contributed by atoms with E-state index in [-0.39, 0.29) is 11.4 Å². The lowest BCUT2D eigenvalue weighted by Gasteiger charge is -2.27. The van der Waals surface area contributed by atoms with Crippen LogP contribution in [0.3, 0.4) is 0 Å². The number of carbonyl (C=O) groups is 2. The summed E-state index contributed by atoms with van der Waals surface area (Å²) in [6.07, 6.45) is -4.67. The Labute approximate surface area is 127 Å². The quantitative estimate of drug-likeness (QED) is 0.893. The number of urea groups is 1. The predicted octanol–water partition coefficient (Wildman–Crippen LogP) is 2.90. The molecule has 0 fully saturated rings. The number of alkyl halides is 3. The Kier molecular flexibility index (Phi) is 5.85. The SMILES string of the molecule is CN(Cc1ccc(Cl)s1)C(=O)N(CC(=O)O)CC(F)(F)F. The average molecular weight is 345 g/mol. The van der Waals surface area contributed by atoms with Crippen molar-refractivity contribution >= 4 is 34.9 Å². The Bertz CT molecular complexity index is 521. The maximum Gasteiger partial charge on any atom is 0.406 e. The van der Waals surface area contributed by atoms with Crippen LogP contribution in [0.4, 0.5) is 18.0 Å². The smallest absolute Gasteiger partial charge is 0.406 e. The molecule has 1 N–H and O–H groups in total. The standard InChI is InChI=1S/C11H12ClF3N2O3S/c1-16(4-7-2-3-8(12)21-7)10(20)17(5-9(18)19)6-11(13,14)15/h2-3H,4-6H2,1H3,(H,18,19). The van der Waals surface area contributed by atoms with Crippen molar-refractivity contribution in [1.82, 2.24) is 9.80 Å². The van der Waals surface area contributed by atoms with Crippen LogP contribution in [-0.2, 0) is 11.3 Å². The van der Waals surface area contributed by atoms with Crippen molar-refractivity contribution in [3.63, 3.8) is 0 Å². The fraction of sp³-hybridized carbons (Fsp3) is 0.455. The normalized spacial score (nSPS) is 11.3. The van der Waals surface area contributed by atoms with Gasteiger partial charge in [0.25, 0.3) is 0 Å². The van der Waals surface area contributed by atoms with E-state index in [4.69, 9.17) is 16.7 Å². The van der Waals surface area contributed by atoms with Crippen LogP contribution >= 0.6 is 22.9 Å². The number of rotatable bonds is 5. The number of amides is 2. The number of aliphatic carboxylic acids is 1. The van der Waals surface area contributed by atoms with Gasteiger partial charge >= 0.3 is 18.2 Å². The van der Waals surface area contributed by atoms with Crippen molar-refractivity contribution in [2.75, 3.05) is 20.1 Å². The van der Waals surface area contributed by atoms with E-state index >= 15 is 0 Å². The zero-order valence-electron chi connectivity index (χ0n) is 10.9. The van der Waals surface area contributed by atoms with Gasteiger partial charge in [0.15, 0.2) is 0 Å². The lowest BCUT2D eigenvalue weighted by Crippen LogP contribution is -2.47. The molecule has 0 atom stereocenters. The molecule has 0 radical (unpaired) electrons. The van der Waals surface area contributed by atoms with Gasteiger partial charge in [-0.15, -0.1) is 11.3 Å². The first-order chi connectivity index (χ1) is 9.58. The molecule has 0 spiro atoms. The molecule has 0 aliphatic rings. The first-order valence-corrected chi connectivity index (χ1v) is 6.80. The second kappa shape index (κ2) is 6.99. The molecule has 0 saturated heterocycles. The van der Waals surface area contributed by atoms with Gasteiger partial charge in [0.2, 0.25) is 0 Å². The number of hydrogen-bond acceptors (Lipinski definition) is 3. The molecule has 21 heavy (non-hydrogen) atoms. The van der Waals surface area contributed by atoms with Crippen LogP contribution in [-0.4, -0.2) is 53.2 Å². The van der Waals surface area contributed by atoms with Gasteiger partial charge in [-0.3, -0.25) is 4.79 Å². The molecule has 1 heterocycles. The summed E-state index contributed by atoms with van der Waals surface area (Å²) >= 11 is 6.91. The van der Waals surface area contributed by atoms with Crippen LogP contribution in [0.1, 0.15) is 4.88 Å². The number of carboxylic acids is 1. The summed E-state index contributed by atoms with van der Waals surface area (Å²) in [5, 5.41) is 8.61. The number of carboxylic acid groups (broad SMARTS) is 1. The highest BCUT2D eigenvalue weighted by atomic mass is 35.5. The van der Waals surface area contributed by atoms with Crippen LogP contribution in [0.25, 0.3) is 0 Å². The van der Waals surface area contributed by atoms with E-state index < -0.39 is 31.3 Å². The zero-order chi connectivity index (χ0) is 16.2. The molecule has 0 aromatic carbocycles. The van der Waals surface area contributed by atoms with Crippen molar-refractivity contribution in [3.05, 3.63) is 21.3 Å². The van der Waals surface area contributed by atoms with Gasteiger partial charge in [-0.05, 0) is 12.1 Å². The fourth-order valence-electron chi connectivity index (χ4n) is 1.55. The van der Waals surface area contributed by atoms with Crippen LogP contribution in [0.2, 0.25) is 4.34 Å². The minimum atomic E-state index is -4.67. The van der Waals surface area contributed by atoms with E-state index in [2.05, 4.69) is 0 Å². The van der Waals surface area contributed by atoms with E-state index in [1.54, 1.807) is 12.1 Å². The van der Waals surface area contributed by atoms with E-state index in [1.165, 1.54) is 18.4 Å². The summed E-state index contributed by atoms with van der Waals surface area (Å²) < 4.78 is 37.7. The topological polar surface area (TPSA) is 60.9 Å². The fourth-order valence-corrected chi connectivity index (χ4v) is 2.69. The molecule has 1 rings (SSSR count). The molecule has 0 unspecified atom stereocenters. The Morgan fingerprint density at radius 3 is 2.43 bits per heavy atom. The van der Waals surface area contributed by atoms with E-state index in [9.17, 15) is 22.8 Å². The highest BCUT2D eigenvalue weighted by Crippen LogP contribution is 2.23. The summed E-state index contributed by atoms with van der Waals surface area (Å²) in [5.74, 6) is -1.51. The van der Waals surface area contributed by atoms with E-state index in [0.717, 1.165) is 4.90 Å². The third-order valence-electron chi connectivity index (χ3n) is 2.32. The van der Waals surface area contributed by atoms with E-state index in [1.807, 2.05) is 0 Å². The van der Waals surface area contributed by atoms with Gasteiger partial charge in [0, 0.05) is 11.9 Å². The van der Waals surface area contributed by atoms with Crippen molar-refractivity contribution in [1.29, 1.82) is 0 Å². The average Bonchev–Trinajstić information content (AvgIpc) is 2.70. The van der Waals surface area contributed by atoms with Gasteiger partial charge in [-0.2, -0.15) is 13.2 Å². The Balaban J connectivity index is 2.75. The third kappa shape index (κ3) is 6.21. The molecule has 1 aromatic rings. The molecule has 0 aliphatic heterocycles.